The van der Waals surface area contributed by atoms with Crippen molar-refractivity contribution in [2.24, 2.45) is 11.7 Å². The summed E-state index contributed by atoms with van der Waals surface area (Å²) in [4.78, 5) is 0. The van der Waals surface area contributed by atoms with Crippen LogP contribution in [-0.4, -0.2) is 17.2 Å². The van der Waals surface area contributed by atoms with Crippen LogP contribution < -0.4 is 5.73 Å². The predicted octanol–water partition coefficient (Wildman–Crippen LogP) is 4.02. The van der Waals surface area contributed by atoms with Crippen LogP contribution in [0.15, 0.2) is 0 Å². The molecular weight excluding hydrogens is 222 g/mol. The summed E-state index contributed by atoms with van der Waals surface area (Å²) in [7, 11) is 0. The molecule has 0 amide bonds. The molecule has 2 nitrogen and oxygen atoms in total. The average molecular weight is 253 g/mol. The summed E-state index contributed by atoms with van der Waals surface area (Å²) >= 11 is 0. The lowest BCUT2D eigenvalue weighted by Gasteiger charge is -2.39. The first-order valence-electron chi connectivity index (χ1n) is 7.89. The third-order valence-corrected chi connectivity index (χ3v) is 4.99. The molecule has 2 rings (SSSR count). The van der Waals surface area contributed by atoms with Crippen LogP contribution in [0, 0.1) is 5.92 Å². The molecule has 1 atom stereocenters. The van der Waals surface area contributed by atoms with Crippen molar-refractivity contribution in [3.8, 4) is 0 Å². The Morgan fingerprint density at radius 2 is 1.78 bits per heavy atom. The number of rotatable bonds is 4. The smallest absolute Gasteiger partial charge is 0.0631 e. The summed E-state index contributed by atoms with van der Waals surface area (Å²) in [5.41, 5.74) is 6.75. The van der Waals surface area contributed by atoms with Crippen molar-refractivity contribution in [2.45, 2.75) is 95.8 Å². The number of nitrogens with two attached hydrogens (primary N) is 1. The van der Waals surface area contributed by atoms with E-state index in [4.69, 9.17) is 10.5 Å². The van der Waals surface area contributed by atoms with Gasteiger partial charge in [-0.05, 0) is 64.7 Å². The molecule has 0 aromatic rings. The average Bonchev–Trinajstić information content (AvgIpc) is 2.62. The van der Waals surface area contributed by atoms with Crippen LogP contribution in [0.4, 0.5) is 0 Å². The fraction of sp³-hybridized carbons (Fsp3) is 1.00. The van der Waals surface area contributed by atoms with Gasteiger partial charge < -0.3 is 10.5 Å². The normalized spacial score (nSPS) is 40.0. The Bertz CT molecular complexity index is 266. The lowest BCUT2D eigenvalue weighted by molar-refractivity contribution is -0.0306. The van der Waals surface area contributed by atoms with Crippen molar-refractivity contribution in [3.05, 3.63) is 0 Å². The van der Waals surface area contributed by atoms with E-state index in [-0.39, 0.29) is 11.1 Å². The van der Waals surface area contributed by atoms with Crippen molar-refractivity contribution >= 4 is 0 Å². The summed E-state index contributed by atoms with van der Waals surface area (Å²) in [5, 5.41) is 0. The fourth-order valence-electron chi connectivity index (χ4n) is 3.83. The van der Waals surface area contributed by atoms with E-state index < -0.39 is 0 Å². The SMILES string of the molecule is CCCC1CCC(N)(CC2CCC(C)(C)O2)CC1. The minimum atomic E-state index is 0.0648. The van der Waals surface area contributed by atoms with E-state index in [1.165, 1.54) is 51.4 Å². The Balaban J connectivity index is 1.79. The zero-order valence-corrected chi connectivity index (χ0v) is 12.5. The van der Waals surface area contributed by atoms with Crippen molar-refractivity contribution in [2.75, 3.05) is 0 Å². The molecule has 1 unspecified atom stereocenters. The van der Waals surface area contributed by atoms with E-state index in [1.807, 2.05) is 0 Å². The molecule has 2 aliphatic rings. The van der Waals surface area contributed by atoms with Crippen LogP contribution in [-0.2, 0) is 4.74 Å². The first-order chi connectivity index (χ1) is 8.42. The van der Waals surface area contributed by atoms with Crippen LogP contribution >= 0.6 is 0 Å². The zero-order chi connectivity index (χ0) is 13.2. The third kappa shape index (κ3) is 3.71. The van der Waals surface area contributed by atoms with Gasteiger partial charge in [0.2, 0.25) is 0 Å². The molecule has 2 heteroatoms. The van der Waals surface area contributed by atoms with Crippen molar-refractivity contribution < 1.29 is 4.74 Å². The molecule has 1 saturated carbocycles. The van der Waals surface area contributed by atoms with Gasteiger partial charge in [-0.25, -0.2) is 0 Å². The molecule has 0 aromatic carbocycles. The van der Waals surface area contributed by atoms with E-state index in [9.17, 15) is 0 Å². The maximum atomic E-state index is 6.61. The Hall–Kier alpha value is -0.0800. The molecule has 2 N–H and O–H groups in total. The van der Waals surface area contributed by atoms with Crippen LogP contribution in [0.1, 0.15) is 78.6 Å². The van der Waals surface area contributed by atoms with Gasteiger partial charge in [0.05, 0.1) is 11.7 Å². The Labute approximate surface area is 113 Å². The minimum absolute atomic E-state index is 0.0648. The molecule has 18 heavy (non-hydrogen) atoms. The topological polar surface area (TPSA) is 35.2 Å². The number of ether oxygens (including phenoxy) is 1. The molecule has 106 valence electrons. The molecule has 1 heterocycles. The van der Waals surface area contributed by atoms with Gasteiger partial charge in [0.15, 0.2) is 0 Å². The van der Waals surface area contributed by atoms with Gasteiger partial charge in [-0.1, -0.05) is 19.8 Å². The van der Waals surface area contributed by atoms with Crippen LogP contribution in [0.5, 0.6) is 0 Å². The summed E-state index contributed by atoms with van der Waals surface area (Å²) in [6, 6.07) is 0. The number of hydrogen-bond acceptors (Lipinski definition) is 2. The third-order valence-electron chi connectivity index (χ3n) is 4.99. The highest BCUT2D eigenvalue weighted by Crippen LogP contribution is 2.39. The number of hydrogen-bond donors (Lipinski definition) is 1. The van der Waals surface area contributed by atoms with E-state index in [0.29, 0.717) is 6.10 Å². The van der Waals surface area contributed by atoms with Crippen molar-refractivity contribution in [1.29, 1.82) is 0 Å². The van der Waals surface area contributed by atoms with E-state index in [2.05, 4.69) is 20.8 Å². The fourth-order valence-corrected chi connectivity index (χ4v) is 3.83. The van der Waals surface area contributed by atoms with Gasteiger partial charge in [-0.15, -0.1) is 0 Å². The van der Waals surface area contributed by atoms with Crippen LogP contribution in [0.3, 0.4) is 0 Å². The quantitative estimate of drug-likeness (QED) is 0.821. The van der Waals surface area contributed by atoms with Gasteiger partial charge in [0.25, 0.3) is 0 Å². The van der Waals surface area contributed by atoms with Crippen LogP contribution in [0.25, 0.3) is 0 Å². The van der Waals surface area contributed by atoms with Gasteiger partial charge >= 0.3 is 0 Å². The Kier molecular flexibility index (Phi) is 4.38. The highest BCUT2D eigenvalue weighted by Gasteiger charge is 2.38. The van der Waals surface area contributed by atoms with Crippen molar-refractivity contribution in [1.82, 2.24) is 0 Å². The van der Waals surface area contributed by atoms with Gasteiger partial charge in [0.1, 0.15) is 0 Å². The predicted molar refractivity (Wildman–Crippen MR) is 76.6 cm³/mol. The summed E-state index contributed by atoms with van der Waals surface area (Å²) in [5.74, 6) is 0.938. The molecule has 1 aliphatic carbocycles. The lowest BCUT2D eigenvalue weighted by atomic mass is 9.73. The first kappa shape index (κ1) is 14.3. The maximum Gasteiger partial charge on any atom is 0.0631 e. The lowest BCUT2D eigenvalue weighted by Crippen LogP contribution is -2.46. The van der Waals surface area contributed by atoms with E-state index in [1.54, 1.807) is 0 Å². The highest BCUT2D eigenvalue weighted by atomic mass is 16.5. The largest absolute Gasteiger partial charge is 0.372 e. The summed E-state index contributed by atoms with van der Waals surface area (Å²) in [6.45, 7) is 6.70. The monoisotopic (exact) mass is 253 g/mol. The molecule has 0 bridgehead atoms. The second-order valence-corrected chi connectivity index (χ2v) is 7.34. The molecule has 1 aliphatic heterocycles. The maximum absolute atomic E-state index is 6.61. The molecule has 0 spiro atoms. The molecular formula is C16H31NO. The molecule has 0 aromatic heterocycles. The zero-order valence-electron chi connectivity index (χ0n) is 12.5. The second kappa shape index (κ2) is 5.50. The van der Waals surface area contributed by atoms with E-state index in [0.717, 1.165) is 12.3 Å². The first-order valence-corrected chi connectivity index (χ1v) is 7.89. The molecule has 0 radical (unpaired) electrons. The Morgan fingerprint density at radius 1 is 1.11 bits per heavy atom. The highest BCUT2D eigenvalue weighted by molar-refractivity contribution is 4.94. The van der Waals surface area contributed by atoms with Gasteiger partial charge in [-0.2, -0.15) is 0 Å². The van der Waals surface area contributed by atoms with Gasteiger partial charge in [-0.3, -0.25) is 0 Å². The van der Waals surface area contributed by atoms with Crippen LogP contribution in [0.2, 0.25) is 0 Å². The van der Waals surface area contributed by atoms with Crippen molar-refractivity contribution in [3.63, 3.8) is 0 Å². The van der Waals surface area contributed by atoms with E-state index >= 15 is 0 Å². The molecule has 1 saturated heterocycles. The summed E-state index contributed by atoms with van der Waals surface area (Å²) < 4.78 is 6.11. The Morgan fingerprint density at radius 3 is 2.28 bits per heavy atom. The second-order valence-electron chi connectivity index (χ2n) is 7.34. The summed E-state index contributed by atoms with van der Waals surface area (Å²) in [6.07, 6.45) is 11.7. The van der Waals surface area contributed by atoms with Gasteiger partial charge in [0, 0.05) is 5.54 Å². The molecule has 2 fully saturated rings. The minimum Gasteiger partial charge on any atom is -0.372 e. The standard InChI is InChI=1S/C16H31NO/c1-4-5-13-6-10-16(17,11-7-13)12-14-8-9-15(2,3)18-14/h13-14H,4-12,17H2,1-3H3.